The summed E-state index contributed by atoms with van der Waals surface area (Å²) in [6.07, 6.45) is 0.263. The fraction of sp³-hybridized carbons (Fsp3) is 0.273. The third-order valence-electron chi connectivity index (χ3n) is 1.90. The summed E-state index contributed by atoms with van der Waals surface area (Å²) < 4.78 is 5.04. The van der Waals surface area contributed by atoms with Gasteiger partial charge in [-0.3, -0.25) is 4.79 Å². The molecule has 0 aromatic heterocycles. The van der Waals surface area contributed by atoms with Gasteiger partial charge >= 0.3 is 0 Å². The van der Waals surface area contributed by atoms with Crippen molar-refractivity contribution in [3.05, 3.63) is 23.8 Å². The predicted octanol–water partition coefficient (Wildman–Crippen LogP) is 1.72. The molecule has 1 rings (SSSR count). The molecule has 0 bridgehead atoms. The van der Waals surface area contributed by atoms with Gasteiger partial charge in [-0.1, -0.05) is 6.07 Å². The van der Waals surface area contributed by atoms with E-state index in [1.54, 1.807) is 25.3 Å². The monoisotopic (exact) mass is 204 g/mol. The van der Waals surface area contributed by atoms with E-state index in [-0.39, 0.29) is 12.3 Å². The Morgan fingerprint density at radius 1 is 1.60 bits per heavy atom. The van der Waals surface area contributed by atoms with Crippen LogP contribution in [0, 0.1) is 11.3 Å². The number of anilines is 1. The molecule has 0 aliphatic rings. The van der Waals surface area contributed by atoms with Gasteiger partial charge in [0, 0.05) is 18.7 Å². The van der Waals surface area contributed by atoms with E-state index in [1.807, 2.05) is 6.07 Å². The van der Waals surface area contributed by atoms with Crippen molar-refractivity contribution in [2.45, 2.75) is 13.3 Å². The van der Waals surface area contributed by atoms with Crippen LogP contribution in [-0.4, -0.2) is 13.0 Å². The summed E-state index contributed by atoms with van der Waals surface area (Å²) in [5, 5.41) is 11.3. The molecular weight excluding hydrogens is 192 g/mol. The van der Waals surface area contributed by atoms with Crippen molar-refractivity contribution in [3.63, 3.8) is 0 Å². The lowest BCUT2D eigenvalue weighted by Gasteiger charge is -2.09. The van der Waals surface area contributed by atoms with Crippen molar-refractivity contribution < 1.29 is 9.53 Å². The Morgan fingerprint density at radius 2 is 2.33 bits per heavy atom. The van der Waals surface area contributed by atoms with Gasteiger partial charge in [0.05, 0.1) is 19.6 Å². The summed E-state index contributed by atoms with van der Waals surface area (Å²) in [6, 6.07) is 7.28. The molecule has 0 aliphatic carbocycles. The summed E-state index contributed by atoms with van der Waals surface area (Å²) in [6.45, 7) is 1.43. The number of benzene rings is 1. The Morgan fingerprint density at radius 3 is 2.87 bits per heavy atom. The quantitative estimate of drug-likeness (QED) is 0.815. The summed E-state index contributed by atoms with van der Waals surface area (Å²) >= 11 is 0. The highest BCUT2D eigenvalue weighted by molar-refractivity contribution is 5.89. The normalized spacial score (nSPS) is 9.13. The minimum absolute atomic E-state index is 0.164. The van der Waals surface area contributed by atoms with Crippen molar-refractivity contribution in [1.29, 1.82) is 5.26 Å². The lowest BCUT2D eigenvalue weighted by Crippen LogP contribution is -2.08. The molecule has 1 aromatic rings. The fourth-order valence-corrected chi connectivity index (χ4v) is 1.23. The van der Waals surface area contributed by atoms with Crippen molar-refractivity contribution >= 4 is 11.6 Å². The van der Waals surface area contributed by atoms with E-state index in [9.17, 15) is 4.79 Å². The Balaban J connectivity index is 3.05. The Hall–Kier alpha value is -2.02. The van der Waals surface area contributed by atoms with E-state index < -0.39 is 0 Å². The van der Waals surface area contributed by atoms with Gasteiger partial charge in [-0.25, -0.2) is 0 Å². The summed E-state index contributed by atoms with van der Waals surface area (Å²) in [5.41, 5.74) is 1.41. The van der Waals surface area contributed by atoms with E-state index in [0.29, 0.717) is 11.4 Å². The molecule has 0 saturated heterocycles. The topological polar surface area (TPSA) is 62.1 Å². The molecular formula is C11H12N2O2. The second-order valence-electron chi connectivity index (χ2n) is 3.04. The molecule has 1 N–H and O–H groups in total. The van der Waals surface area contributed by atoms with Crippen LogP contribution in [0.3, 0.4) is 0 Å². The molecule has 0 aliphatic heterocycles. The van der Waals surface area contributed by atoms with Crippen LogP contribution in [0.1, 0.15) is 12.5 Å². The maximum Gasteiger partial charge on any atom is 0.221 e. The Labute approximate surface area is 88.5 Å². The maximum atomic E-state index is 10.9. The van der Waals surface area contributed by atoms with E-state index in [1.165, 1.54) is 6.92 Å². The average Bonchev–Trinajstić information content (AvgIpc) is 2.20. The Kier molecular flexibility index (Phi) is 3.69. The number of nitriles is 1. The maximum absolute atomic E-state index is 10.9. The number of hydrogen-bond donors (Lipinski definition) is 1. The number of nitrogens with one attached hydrogen (secondary N) is 1. The standard InChI is InChI=1S/C11H12N2O2/c1-8(14)13-11-7-10(15-2)4-3-9(11)5-6-12/h3-4,7H,5H2,1-2H3,(H,13,14). The Bertz CT molecular complexity index is 408. The van der Waals surface area contributed by atoms with Crippen LogP contribution in [0.4, 0.5) is 5.69 Å². The molecule has 78 valence electrons. The second-order valence-corrected chi connectivity index (χ2v) is 3.04. The van der Waals surface area contributed by atoms with Crippen molar-refractivity contribution in [3.8, 4) is 11.8 Å². The molecule has 0 heterocycles. The third kappa shape index (κ3) is 2.99. The molecule has 0 spiro atoms. The zero-order valence-corrected chi connectivity index (χ0v) is 8.70. The van der Waals surface area contributed by atoms with Crippen LogP contribution in [0.2, 0.25) is 0 Å². The molecule has 4 nitrogen and oxygen atoms in total. The first kappa shape index (κ1) is 11.1. The van der Waals surface area contributed by atoms with Crippen molar-refractivity contribution in [1.82, 2.24) is 0 Å². The second kappa shape index (κ2) is 5.01. The van der Waals surface area contributed by atoms with Crippen LogP contribution in [0.25, 0.3) is 0 Å². The molecule has 1 amide bonds. The summed E-state index contributed by atoms with van der Waals surface area (Å²) in [5.74, 6) is 0.489. The summed E-state index contributed by atoms with van der Waals surface area (Å²) in [7, 11) is 1.55. The molecule has 15 heavy (non-hydrogen) atoms. The number of methoxy groups -OCH3 is 1. The van der Waals surface area contributed by atoms with Gasteiger partial charge in [0.1, 0.15) is 5.75 Å². The number of nitrogens with zero attached hydrogens (tertiary/aromatic N) is 1. The number of carbonyl (C=O) groups is 1. The van der Waals surface area contributed by atoms with Gasteiger partial charge in [0.2, 0.25) is 5.91 Å². The molecule has 0 unspecified atom stereocenters. The van der Waals surface area contributed by atoms with Gasteiger partial charge in [-0.2, -0.15) is 5.26 Å². The number of carbonyl (C=O) groups excluding carboxylic acids is 1. The lowest BCUT2D eigenvalue weighted by molar-refractivity contribution is -0.114. The van der Waals surface area contributed by atoms with Gasteiger partial charge in [-0.05, 0) is 11.6 Å². The first-order valence-electron chi connectivity index (χ1n) is 4.49. The highest BCUT2D eigenvalue weighted by atomic mass is 16.5. The molecule has 0 saturated carbocycles. The van der Waals surface area contributed by atoms with E-state index >= 15 is 0 Å². The first-order chi connectivity index (χ1) is 7.17. The van der Waals surface area contributed by atoms with Crippen LogP contribution < -0.4 is 10.1 Å². The van der Waals surface area contributed by atoms with Crippen LogP contribution in [0.5, 0.6) is 5.75 Å². The number of ether oxygens (including phenoxy) is 1. The SMILES string of the molecule is COc1ccc(CC#N)c(NC(C)=O)c1. The summed E-state index contributed by atoms with van der Waals surface area (Å²) in [4.78, 5) is 10.9. The van der Waals surface area contributed by atoms with E-state index in [2.05, 4.69) is 5.32 Å². The molecule has 0 atom stereocenters. The molecule has 0 radical (unpaired) electrons. The molecule has 1 aromatic carbocycles. The van der Waals surface area contributed by atoms with Crippen LogP contribution in [-0.2, 0) is 11.2 Å². The average molecular weight is 204 g/mol. The molecule has 4 heteroatoms. The van der Waals surface area contributed by atoms with Crippen LogP contribution in [0.15, 0.2) is 18.2 Å². The van der Waals surface area contributed by atoms with Crippen molar-refractivity contribution in [2.75, 3.05) is 12.4 Å². The van der Waals surface area contributed by atoms with E-state index in [0.717, 1.165) is 5.56 Å². The number of hydrogen-bond acceptors (Lipinski definition) is 3. The van der Waals surface area contributed by atoms with Gasteiger partial charge < -0.3 is 10.1 Å². The predicted molar refractivity (Wildman–Crippen MR) is 56.6 cm³/mol. The molecule has 0 fully saturated rings. The highest BCUT2D eigenvalue weighted by Crippen LogP contribution is 2.22. The first-order valence-corrected chi connectivity index (χ1v) is 4.49. The van der Waals surface area contributed by atoms with Gasteiger partial charge in [0.15, 0.2) is 0 Å². The zero-order chi connectivity index (χ0) is 11.3. The largest absolute Gasteiger partial charge is 0.497 e. The lowest BCUT2D eigenvalue weighted by atomic mass is 10.1. The zero-order valence-electron chi connectivity index (χ0n) is 8.70. The minimum Gasteiger partial charge on any atom is -0.497 e. The number of amides is 1. The van der Waals surface area contributed by atoms with E-state index in [4.69, 9.17) is 10.00 Å². The number of rotatable bonds is 3. The van der Waals surface area contributed by atoms with Gasteiger partial charge in [-0.15, -0.1) is 0 Å². The fourth-order valence-electron chi connectivity index (χ4n) is 1.23. The minimum atomic E-state index is -0.164. The highest BCUT2D eigenvalue weighted by Gasteiger charge is 2.05. The van der Waals surface area contributed by atoms with Gasteiger partial charge in [0.25, 0.3) is 0 Å². The third-order valence-corrected chi connectivity index (χ3v) is 1.90. The van der Waals surface area contributed by atoms with Crippen molar-refractivity contribution in [2.24, 2.45) is 0 Å². The van der Waals surface area contributed by atoms with Crippen LogP contribution >= 0.6 is 0 Å². The smallest absolute Gasteiger partial charge is 0.221 e.